The van der Waals surface area contributed by atoms with Gasteiger partial charge in [0.25, 0.3) is 7.82 Å². The van der Waals surface area contributed by atoms with E-state index in [9.17, 15) is 24.5 Å². The van der Waals surface area contributed by atoms with Crippen LogP contribution in [0.25, 0.3) is 0 Å². The first-order chi connectivity index (χ1) is 11.6. The number of carboxylic acids is 1. The van der Waals surface area contributed by atoms with Crippen molar-refractivity contribution in [1.82, 2.24) is 0 Å². The van der Waals surface area contributed by atoms with Crippen molar-refractivity contribution in [3.05, 3.63) is 30.1 Å². The SMILES string of the molecule is CC1(O)[C@@](C)(COP(=O)([O-])O)O[C@@](C)([n+]2cccc(C(=O)O)c2)[C@@]1(C)O. The number of aromatic carboxylic acids is 1. The van der Waals surface area contributed by atoms with Crippen LogP contribution < -0.4 is 9.46 Å². The Balaban J connectivity index is 2.55. The lowest BCUT2D eigenvalue weighted by molar-refractivity contribution is -0.818. The zero-order chi connectivity index (χ0) is 20.2. The van der Waals surface area contributed by atoms with Gasteiger partial charge in [-0.05, 0) is 26.8 Å². The monoisotopic (exact) mass is 391 g/mol. The number of carbonyl (C=O) groups is 1. The van der Waals surface area contributed by atoms with Crippen LogP contribution in [0.1, 0.15) is 38.1 Å². The van der Waals surface area contributed by atoms with Crippen molar-refractivity contribution in [2.45, 2.75) is 50.2 Å². The first-order valence-electron chi connectivity index (χ1n) is 7.66. The van der Waals surface area contributed by atoms with Crippen molar-refractivity contribution in [1.29, 1.82) is 0 Å². The molecule has 1 saturated heterocycles. The minimum absolute atomic E-state index is 0.0861. The van der Waals surface area contributed by atoms with Crippen molar-refractivity contribution in [3.63, 3.8) is 0 Å². The van der Waals surface area contributed by atoms with E-state index in [0.717, 1.165) is 0 Å². The smallest absolute Gasteiger partial charge is 0.341 e. The zero-order valence-corrected chi connectivity index (χ0v) is 15.6. The van der Waals surface area contributed by atoms with E-state index >= 15 is 0 Å². The van der Waals surface area contributed by atoms with Gasteiger partial charge in [-0.1, -0.05) is 0 Å². The summed E-state index contributed by atoms with van der Waals surface area (Å²) in [4.78, 5) is 31.0. The highest BCUT2D eigenvalue weighted by atomic mass is 31.2. The Morgan fingerprint density at radius 2 is 1.88 bits per heavy atom. The minimum atomic E-state index is -5.10. The zero-order valence-electron chi connectivity index (χ0n) is 14.7. The Hall–Kier alpha value is -1.39. The third-order valence-electron chi connectivity index (χ3n) is 5.35. The maximum Gasteiger partial charge on any atom is 0.341 e. The van der Waals surface area contributed by atoms with Crippen molar-refractivity contribution in [3.8, 4) is 0 Å². The molecule has 0 aromatic carbocycles. The number of ether oxygens (including phenoxy) is 1. The minimum Gasteiger partial charge on any atom is -0.756 e. The molecule has 2 rings (SSSR count). The average molecular weight is 391 g/mol. The van der Waals surface area contributed by atoms with Crippen molar-refractivity contribution in [2.24, 2.45) is 0 Å². The van der Waals surface area contributed by atoms with Crippen LogP contribution in [0, 0.1) is 0 Å². The molecule has 11 heteroatoms. The number of hydrogen-bond donors (Lipinski definition) is 4. The third-order valence-corrected chi connectivity index (χ3v) is 5.80. The Morgan fingerprint density at radius 3 is 2.38 bits per heavy atom. The molecule has 0 amide bonds. The topological polar surface area (TPSA) is 160 Å². The van der Waals surface area contributed by atoms with Gasteiger partial charge >= 0.3 is 11.7 Å². The van der Waals surface area contributed by atoms with Gasteiger partial charge in [-0.25, -0.2) is 4.79 Å². The molecule has 1 aliphatic heterocycles. The summed E-state index contributed by atoms with van der Waals surface area (Å²) >= 11 is 0. The fourth-order valence-corrected chi connectivity index (χ4v) is 3.56. The number of nitrogens with zero attached hydrogens (tertiary/aromatic N) is 1. The van der Waals surface area contributed by atoms with Gasteiger partial charge < -0.3 is 34.4 Å². The second-order valence-electron chi connectivity index (χ2n) is 7.01. The molecule has 4 N–H and O–H groups in total. The number of phosphoric ester groups is 1. The van der Waals surface area contributed by atoms with Gasteiger partial charge in [-0.2, -0.15) is 4.57 Å². The van der Waals surface area contributed by atoms with E-state index in [-0.39, 0.29) is 5.56 Å². The Bertz CT molecular complexity index is 774. The first-order valence-corrected chi connectivity index (χ1v) is 9.15. The van der Waals surface area contributed by atoms with Crippen LogP contribution in [-0.4, -0.2) is 49.6 Å². The predicted octanol–water partition coefficient (Wildman–Crippen LogP) is -0.887. The Kier molecular flexibility index (Phi) is 4.88. The van der Waals surface area contributed by atoms with Crippen LogP contribution in [0.2, 0.25) is 0 Å². The molecule has 0 radical (unpaired) electrons. The van der Waals surface area contributed by atoms with Crippen LogP contribution in [0.15, 0.2) is 24.5 Å². The highest BCUT2D eigenvalue weighted by Gasteiger charge is 2.77. The normalized spacial score (nSPS) is 39.5. The summed E-state index contributed by atoms with van der Waals surface area (Å²) < 4.78 is 22.5. The molecule has 1 aromatic rings. The quantitative estimate of drug-likeness (QED) is 0.369. The molecule has 2 heterocycles. The van der Waals surface area contributed by atoms with Crippen molar-refractivity contribution in [2.75, 3.05) is 6.61 Å². The number of rotatable bonds is 5. The molecule has 0 bridgehead atoms. The number of aromatic nitrogens is 1. The lowest BCUT2D eigenvalue weighted by Crippen LogP contribution is -2.69. The van der Waals surface area contributed by atoms with Gasteiger partial charge in [0.1, 0.15) is 16.8 Å². The molecule has 26 heavy (non-hydrogen) atoms. The average Bonchev–Trinajstić information content (AvgIpc) is 2.61. The van der Waals surface area contributed by atoms with Gasteiger partial charge in [0.2, 0.25) is 0 Å². The summed E-state index contributed by atoms with van der Waals surface area (Å²) in [6.07, 6.45) is 2.65. The number of carboxylic acid groups (broad SMARTS) is 1. The first kappa shape index (κ1) is 20.9. The lowest BCUT2D eigenvalue weighted by Gasteiger charge is -2.40. The van der Waals surface area contributed by atoms with Gasteiger partial charge in [0.05, 0.1) is 6.61 Å². The molecule has 0 saturated carbocycles. The van der Waals surface area contributed by atoms with Crippen molar-refractivity contribution >= 4 is 13.8 Å². The summed E-state index contributed by atoms with van der Waals surface area (Å²) in [5, 5.41) is 31.2. The maximum absolute atomic E-state index is 11.2. The van der Waals surface area contributed by atoms with Gasteiger partial charge in [0, 0.05) is 13.0 Å². The summed E-state index contributed by atoms with van der Waals surface area (Å²) in [5.41, 5.74) is -7.60. The number of aliphatic hydroxyl groups is 2. The van der Waals surface area contributed by atoms with Crippen LogP contribution >= 0.6 is 7.82 Å². The standard InChI is InChI=1S/C15H22NO9P/c1-12(9-24-26(21,22)23)13(2,19)14(3,20)15(4,25-12)16-7-5-6-10(8-16)11(17)18/h5-8,19-20H,9H2,1-4H3,(H2-,17,18,21,22,23)/t12-,13?,14+,15-/m1/s1. The van der Waals surface area contributed by atoms with Crippen LogP contribution in [-0.2, 0) is 19.6 Å². The summed E-state index contributed by atoms with van der Waals surface area (Å²) in [6.45, 7) is 4.45. The molecule has 146 valence electrons. The van der Waals surface area contributed by atoms with E-state index in [1.165, 1.54) is 56.8 Å². The lowest BCUT2D eigenvalue weighted by atomic mass is 9.73. The molecular weight excluding hydrogens is 369 g/mol. The van der Waals surface area contributed by atoms with E-state index in [2.05, 4.69) is 4.52 Å². The fraction of sp³-hybridized carbons (Fsp3) is 0.600. The second kappa shape index (κ2) is 6.07. The third kappa shape index (κ3) is 3.07. The largest absolute Gasteiger partial charge is 0.756 e. The summed E-state index contributed by atoms with van der Waals surface area (Å²) in [7, 11) is -5.10. The van der Waals surface area contributed by atoms with E-state index in [4.69, 9.17) is 14.7 Å². The highest BCUT2D eigenvalue weighted by Crippen LogP contribution is 2.53. The fourth-order valence-electron chi connectivity index (χ4n) is 3.15. The predicted molar refractivity (Wildman–Crippen MR) is 83.8 cm³/mol. The summed E-state index contributed by atoms with van der Waals surface area (Å²) in [6, 6.07) is 2.76. The van der Waals surface area contributed by atoms with Gasteiger partial charge in [0.15, 0.2) is 18.0 Å². The highest BCUT2D eigenvalue weighted by molar-refractivity contribution is 7.44. The van der Waals surface area contributed by atoms with E-state index in [1.807, 2.05) is 0 Å². The van der Waals surface area contributed by atoms with Crippen molar-refractivity contribution < 1.29 is 48.3 Å². The molecular formula is C15H22NO9P. The van der Waals surface area contributed by atoms with E-state index in [0.29, 0.717) is 0 Å². The second-order valence-corrected chi connectivity index (χ2v) is 8.20. The molecule has 1 fully saturated rings. The summed E-state index contributed by atoms with van der Waals surface area (Å²) in [5.74, 6) is -1.20. The number of hydrogen-bond acceptors (Lipinski definition) is 7. The van der Waals surface area contributed by atoms with E-state index < -0.39 is 42.9 Å². The molecule has 5 atom stereocenters. The van der Waals surface area contributed by atoms with E-state index in [1.54, 1.807) is 0 Å². The molecule has 0 spiro atoms. The number of pyridine rings is 1. The van der Waals surface area contributed by atoms with Crippen LogP contribution in [0.5, 0.6) is 0 Å². The molecule has 1 aliphatic rings. The Labute approximate surface area is 149 Å². The molecule has 0 aliphatic carbocycles. The molecule has 1 aromatic heterocycles. The van der Waals surface area contributed by atoms with Crippen LogP contribution in [0.4, 0.5) is 0 Å². The Morgan fingerprint density at radius 1 is 1.31 bits per heavy atom. The number of phosphoric acid groups is 1. The van der Waals surface area contributed by atoms with Gasteiger partial charge in [-0.15, -0.1) is 0 Å². The van der Waals surface area contributed by atoms with Crippen LogP contribution in [0.3, 0.4) is 0 Å². The molecule has 10 nitrogen and oxygen atoms in total. The molecule has 2 unspecified atom stereocenters. The maximum atomic E-state index is 11.2. The van der Waals surface area contributed by atoms with Gasteiger partial charge in [-0.3, -0.25) is 4.57 Å².